The Kier molecular flexibility index (Phi) is 8.78. The van der Waals surface area contributed by atoms with Crippen molar-refractivity contribution in [2.24, 2.45) is 0 Å². The molecule has 22 heavy (non-hydrogen) atoms. The maximum Gasteiger partial charge on any atom is 0.237 e. The molecule has 2 unspecified atom stereocenters. The summed E-state index contributed by atoms with van der Waals surface area (Å²) in [6.07, 6.45) is 2.31. The monoisotopic (exact) mass is 392 g/mol. The second-order valence-electron chi connectivity index (χ2n) is 5.14. The van der Waals surface area contributed by atoms with Crippen LogP contribution in [0.2, 0.25) is 0 Å². The summed E-state index contributed by atoms with van der Waals surface area (Å²) in [6, 6.07) is 7.32. The van der Waals surface area contributed by atoms with Crippen LogP contribution in [0, 0.1) is 0 Å². The van der Waals surface area contributed by atoms with Gasteiger partial charge in [-0.2, -0.15) is 0 Å². The van der Waals surface area contributed by atoms with Crippen LogP contribution in [0.5, 0.6) is 5.75 Å². The van der Waals surface area contributed by atoms with Gasteiger partial charge in [0.25, 0.3) is 0 Å². The van der Waals surface area contributed by atoms with Gasteiger partial charge in [-0.3, -0.25) is 4.79 Å². The molecule has 0 radical (unpaired) electrons. The highest BCUT2D eigenvalue weighted by atomic mass is 79.9. The highest BCUT2D eigenvalue weighted by Crippen LogP contribution is 2.23. The fourth-order valence-electron chi connectivity index (χ4n) is 2.22. The Bertz CT molecular complexity index is 470. The number of aliphatic hydroxyl groups excluding tert-OH is 1. The third kappa shape index (κ3) is 6.12. The molecule has 2 rings (SSSR count). The first-order valence-corrected chi connectivity index (χ1v) is 8.02. The van der Waals surface area contributed by atoms with E-state index < -0.39 is 6.10 Å². The van der Waals surface area contributed by atoms with E-state index in [1.54, 1.807) is 0 Å². The van der Waals surface area contributed by atoms with Crippen molar-refractivity contribution in [1.29, 1.82) is 0 Å². The Hall–Kier alpha value is -0.820. The molecule has 3 N–H and O–H groups in total. The lowest BCUT2D eigenvalue weighted by atomic mass is 10.0. The van der Waals surface area contributed by atoms with Crippen LogP contribution in [0.15, 0.2) is 28.7 Å². The van der Waals surface area contributed by atoms with Crippen LogP contribution >= 0.6 is 28.3 Å². The predicted molar refractivity (Wildman–Crippen MR) is 91.5 cm³/mol. The van der Waals surface area contributed by atoms with Crippen molar-refractivity contribution in [1.82, 2.24) is 10.6 Å². The largest absolute Gasteiger partial charge is 0.490 e. The number of halogens is 2. The molecule has 7 heteroatoms. The quantitative estimate of drug-likeness (QED) is 0.690. The van der Waals surface area contributed by atoms with Gasteiger partial charge in [-0.25, -0.2) is 0 Å². The number of ether oxygens (including phenoxy) is 1. The maximum atomic E-state index is 11.9. The van der Waals surface area contributed by atoms with E-state index in [1.807, 2.05) is 24.3 Å². The molecule has 0 spiro atoms. The number of carbonyl (C=O) groups is 1. The van der Waals surface area contributed by atoms with Crippen molar-refractivity contribution in [2.45, 2.75) is 31.4 Å². The first-order valence-electron chi connectivity index (χ1n) is 7.23. The van der Waals surface area contributed by atoms with Crippen molar-refractivity contribution in [3.05, 3.63) is 28.7 Å². The fraction of sp³-hybridized carbons (Fsp3) is 0.533. The second kappa shape index (κ2) is 10.0. The van der Waals surface area contributed by atoms with Crippen LogP contribution in [-0.4, -0.2) is 42.9 Å². The summed E-state index contributed by atoms with van der Waals surface area (Å²) in [6.45, 7) is 1.22. The van der Waals surface area contributed by atoms with Gasteiger partial charge in [0.05, 0.1) is 10.5 Å². The van der Waals surface area contributed by atoms with Gasteiger partial charge in [-0.05, 0) is 47.4 Å². The number of piperidine rings is 1. The van der Waals surface area contributed by atoms with Crippen LogP contribution in [0.3, 0.4) is 0 Å². The smallest absolute Gasteiger partial charge is 0.237 e. The van der Waals surface area contributed by atoms with E-state index in [0.717, 1.165) is 30.3 Å². The van der Waals surface area contributed by atoms with Gasteiger partial charge in [-0.15, -0.1) is 12.4 Å². The Morgan fingerprint density at radius 3 is 2.91 bits per heavy atom. The third-order valence-corrected chi connectivity index (χ3v) is 4.06. The SMILES string of the molecule is Cl.O=C(NCC(O)COc1ccccc1Br)C1CCCCN1. The molecular formula is C15H22BrClN2O3. The summed E-state index contributed by atoms with van der Waals surface area (Å²) in [5.74, 6) is 0.631. The topological polar surface area (TPSA) is 70.6 Å². The minimum atomic E-state index is -0.732. The Balaban J connectivity index is 0.00000242. The van der Waals surface area contributed by atoms with Crippen molar-refractivity contribution < 1.29 is 14.6 Å². The molecule has 0 aromatic heterocycles. The van der Waals surface area contributed by atoms with Crippen LogP contribution in [0.1, 0.15) is 19.3 Å². The molecule has 1 aromatic rings. The molecule has 0 bridgehead atoms. The van der Waals surface area contributed by atoms with Gasteiger partial charge >= 0.3 is 0 Å². The van der Waals surface area contributed by atoms with Gasteiger partial charge in [-0.1, -0.05) is 18.6 Å². The number of aliphatic hydroxyl groups is 1. The van der Waals surface area contributed by atoms with Crippen LogP contribution in [-0.2, 0) is 4.79 Å². The Labute approximate surface area is 145 Å². The lowest BCUT2D eigenvalue weighted by Gasteiger charge is -2.23. The van der Waals surface area contributed by atoms with Gasteiger partial charge in [0.15, 0.2) is 0 Å². The molecule has 0 saturated carbocycles. The first kappa shape index (κ1) is 19.2. The fourth-order valence-corrected chi connectivity index (χ4v) is 2.62. The number of rotatable bonds is 6. The zero-order valence-electron chi connectivity index (χ0n) is 12.3. The second-order valence-corrected chi connectivity index (χ2v) is 6.00. The first-order chi connectivity index (χ1) is 10.2. The summed E-state index contributed by atoms with van der Waals surface area (Å²) in [4.78, 5) is 11.9. The Morgan fingerprint density at radius 2 is 2.23 bits per heavy atom. The molecule has 1 fully saturated rings. The van der Waals surface area contributed by atoms with E-state index >= 15 is 0 Å². The number of hydrogen-bond acceptors (Lipinski definition) is 4. The van der Waals surface area contributed by atoms with Crippen molar-refractivity contribution in [3.8, 4) is 5.75 Å². The molecule has 1 aliphatic heterocycles. The number of carbonyl (C=O) groups excluding carboxylic acids is 1. The Morgan fingerprint density at radius 1 is 1.45 bits per heavy atom. The highest BCUT2D eigenvalue weighted by molar-refractivity contribution is 9.10. The van der Waals surface area contributed by atoms with Crippen LogP contribution in [0.4, 0.5) is 0 Å². The normalized spacial score (nSPS) is 18.9. The standard InChI is InChI=1S/C15H21BrN2O3.ClH/c16-12-5-1-2-7-14(12)21-10-11(19)9-18-15(20)13-6-3-4-8-17-13;/h1-2,5,7,11,13,17,19H,3-4,6,8-10H2,(H,18,20);1H. The van der Waals surface area contributed by atoms with Gasteiger partial charge in [0, 0.05) is 6.54 Å². The molecule has 1 heterocycles. The molecule has 1 saturated heterocycles. The lowest BCUT2D eigenvalue weighted by molar-refractivity contribution is -0.124. The average molecular weight is 394 g/mol. The molecule has 0 aliphatic carbocycles. The highest BCUT2D eigenvalue weighted by Gasteiger charge is 2.20. The zero-order chi connectivity index (χ0) is 15.1. The van der Waals surface area contributed by atoms with E-state index in [4.69, 9.17) is 4.74 Å². The summed E-state index contributed by atoms with van der Waals surface area (Å²) >= 11 is 3.38. The molecule has 1 amide bonds. The maximum absolute atomic E-state index is 11.9. The molecular weight excluding hydrogens is 372 g/mol. The summed E-state index contributed by atoms with van der Waals surface area (Å²) in [5.41, 5.74) is 0. The van der Waals surface area contributed by atoms with Gasteiger partial charge in [0.1, 0.15) is 18.5 Å². The zero-order valence-corrected chi connectivity index (χ0v) is 14.7. The summed E-state index contributed by atoms with van der Waals surface area (Å²) < 4.78 is 6.35. The molecule has 1 aliphatic rings. The number of para-hydroxylation sites is 1. The minimum absolute atomic E-state index is 0. The van der Waals surface area contributed by atoms with E-state index in [-0.39, 0.29) is 37.5 Å². The van der Waals surface area contributed by atoms with Gasteiger partial charge in [0.2, 0.25) is 5.91 Å². The van der Waals surface area contributed by atoms with Crippen LogP contribution < -0.4 is 15.4 Å². The molecule has 5 nitrogen and oxygen atoms in total. The van der Waals surface area contributed by atoms with Crippen molar-refractivity contribution in [3.63, 3.8) is 0 Å². The van der Waals surface area contributed by atoms with Gasteiger partial charge < -0.3 is 20.5 Å². The third-order valence-electron chi connectivity index (χ3n) is 3.41. The van der Waals surface area contributed by atoms with E-state index in [9.17, 15) is 9.90 Å². The molecule has 124 valence electrons. The van der Waals surface area contributed by atoms with Crippen molar-refractivity contribution >= 4 is 34.2 Å². The molecule has 2 atom stereocenters. The van der Waals surface area contributed by atoms with Crippen molar-refractivity contribution in [2.75, 3.05) is 19.7 Å². The van der Waals surface area contributed by atoms with E-state index in [0.29, 0.717) is 5.75 Å². The summed E-state index contributed by atoms with van der Waals surface area (Å²) in [7, 11) is 0. The number of benzene rings is 1. The number of nitrogens with one attached hydrogen (secondary N) is 2. The van der Waals surface area contributed by atoms with E-state index in [2.05, 4.69) is 26.6 Å². The number of amides is 1. The minimum Gasteiger partial charge on any atom is -0.490 e. The lowest BCUT2D eigenvalue weighted by Crippen LogP contribution is -2.48. The van der Waals surface area contributed by atoms with Crippen LogP contribution in [0.25, 0.3) is 0 Å². The van der Waals surface area contributed by atoms with E-state index in [1.165, 1.54) is 0 Å². The predicted octanol–water partition coefficient (Wildman–Crippen LogP) is 1.87. The molecule has 1 aromatic carbocycles. The summed E-state index contributed by atoms with van der Waals surface area (Å²) in [5, 5.41) is 15.8. The average Bonchev–Trinajstić information content (AvgIpc) is 2.52. The number of hydrogen-bond donors (Lipinski definition) is 3.